The van der Waals surface area contributed by atoms with Crippen molar-refractivity contribution in [3.63, 3.8) is 0 Å². The van der Waals surface area contributed by atoms with Crippen molar-refractivity contribution >= 4 is 15.9 Å². The van der Waals surface area contributed by atoms with Crippen molar-refractivity contribution in [2.24, 2.45) is 5.73 Å². The van der Waals surface area contributed by atoms with Crippen molar-refractivity contribution in [1.82, 2.24) is 4.90 Å². The first-order valence-electron chi connectivity index (χ1n) is 6.57. The Labute approximate surface area is 122 Å². The molecular weight excluding hydrogens is 311 g/mol. The molecule has 1 aliphatic heterocycles. The quantitative estimate of drug-likeness (QED) is 0.926. The van der Waals surface area contributed by atoms with Gasteiger partial charge in [0.25, 0.3) is 0 Å². The Bertz CT molecular complexity index is 441. The van der Waals surface area contributed by atoms with Crippen molar-refractivity contribution in [1.29, 1.82) is 0 Å². The Hall–Kier alpha value is -0.490. The van der Waals surface area contributed by atoms with Gasteiger partial charge in [-0.25, -0.2) is 4.39 Å². The van der Waals surface area contributed by atoms with Crippen LogP contribution >= 0.6 is 15.9 Å². The highest BCUT2D eigenvalue weighted by atomic mass is 79.9. The van der Waals surface area contributed by atoms with E-state index in [1.807, 2.05) is 6.07 Å². The largest absolute Gasteiger partial charge is 0.374 e. The standard InChI is InChI=1S/C14H20BrFN2O/c1-9(2)18-5-6-19-13(8-17)14(18)11-7-10(15)3-4-12(11)16/h3-4,7,9,13-14H,5-6,8,17H2,1-2H3. The zero-order chi connectivity index (χ0) is 14.0. The van der Waals surface area contributed by atoms with E-state index in [1.165, 1.54) is 6.07 Å². The van der Waals surface area contributed by atoms with Gasteiger partial charge in [-0.05, 0) is 32.0 Å². The van der Waals surface area contributed by atoms with Gasteiger partial charge in [-0.3, -0.25) is 4.90 Å². The van der Waals surface area contributed by atoms with Gasteiger partial charge in [0.1, 0.15) is 5.82 Å². The molecule has 0 saturated carbocycles. The molecule has 19 heavy (non-hydrogen) atoms. The third kappa shape index (κ3) is 3.16. The molecule has 0 amide bonds. The summed E-state index contributed by atoms with van der Waals surface area (Å²) in [5.74, 6) is -0.206. The number of nitrogens with two attached hydrogens (primary N) is 1. The van der Waals surface area contributed by atoms with Crippen molar-refractivity contribution in [3.8, 4) is 0 Å². The van der Waals surface area contributed by atoms with Crippen LogP contribution in [0.5, 0.6) is 0 Å². The summed E-state index contributed by atoms with van der Waals surface area (Å²) in [6, 6.07) is 5.21. The van der Waals surface area contributed by atoms with Gasteiger partial charge in [0, 0.05) is 29.2 Å². The molecule has 106 valence electrons. The summed E-state index contributed by atoms with van der Waals surface area (Å²) in [4.78, 5) is 2.26. The molecule has 2 unspecified atom stereocenters. The summed E-state index contributed by atoms with van der Waals surface area (Å²) < 4.78 is 20.7. The number of nitrogens with zero attached hydrogens (tertiary/aromatic N) is 1. The number of morpholine rings is 1. The van der Waals surface area contributed by atoms with E-state index in [2.05, 4.69) is 34.7 Å². The molecule has 0 bridgehead atoms. The molecule has 0 aromatic heterocycles. The van der Waals surface area contributed by atoms with Gasteiger partial charge in [-0.15, -0.1) is 0 Å². The van der Waals surface area contributed by atoms with Gasteiger partial charge in [0.15, 0.2) is 0 Å². The van der Waals surface area contributed by atoms with Gasteiger partial charge in [0.2, 0.25) is 0 Å². The maximum absolute atomic E-state index is 14.2. The van der Waals surface area contributed by atoms with Crippen LogP contribution in [-0.4, -0.2) is 36.7 Å². The molecule has 1 heterocycles. The van der Waals surface area contributed by atoms with Crippen molar-refractivity contribution in [2.45, 2.75) is 32.0 Å². The Morgan fingerprint density at radius 2 is 2.26 bits per heavy atom. The zero-order valence-electron chi connectivity index (χ0n) is 11.3. The van der Waals surface area contributed by atoms with E-state index in [0.717, 1.165) is 11.0 Å². The van der Waals surface area contributed by atoms with Crippen LogP contribution in [0, 0.1) is 5.82 Å². The molecule has 1 fully saturated rings. The van der Waals surface area contributed by atoms with Crippen molar-refractivity contribution in [3.05, 3.63) is 34.1 Å². The lowest BCUT2D eigenvalue weighted by Crippen LogP contribution is -2.51. The molecule has 1 aliphatic rings. The molecule has 0 radical (unpaired) electrons. The number of rotatable bonds is 3. The minimum atomic E-state index is -0.206. The second kappa shape index (κ2) is 6.31. The monoisotopic (exact) mass is 330 g/mol. The Morgan fingerprint density at radius 3 is 2.89 bits per heavy atom. The van der Waals surface area contributed by atoms with E-state index in [9.17, 15) is 4.39 Å². The number of ether oxygens (including phenoxy) is 1. The molecule has 0 spiro atoms. The van der Waals surface area contributed by atoms with E-state index < -0.39 is 0 Å². The number of hydrogen-bond donors (Lipinski definition) is 1. The maximum Gasteiger partial charge on any atom is 0.128 e. The van der Waals surface area contributed by atoms with Crippen LogP contribution in [0.2, 0.25) is 0 Å². The average Bonchev–Trinajstić information content (AvgIpc) is 2.40. The molecule has 2 rings (SSSR count). The summed E-state index contributed by atoms with van der Waals surface area (Å²) in [6.07, 6.45) is -0.167. The van der Waals surface area contributed by atoms with Crippen LogP contribution in [0.1, 0.15) is 25.5 Å². The fraction of sp³-hybridized carbons (Fsp3) is 0.571. The number of halogens is 2. The summed E-state index contributed by atoms with van der Waals surface area (Å²) in [7, 11) is 0. The van der Waals surface area contributed by atoms with Crippen LogP contribution in [0.15, 0.2) is 22.7 Å². The van der Waals surface area contributed by atoms with Gasteiger partial charge < -0.3 is 10.5 Å². The summed E-state index contributed by atoms with van der Waals surface area (Å²) in [5, 5.41) is 0. The lowest BCUT2D eigenvalue weighted by atomic mass is 9.96. The Kier molecular flexibility index (Phi) is 4.95. The predicted octanol–water partition coefficient (Wildman–Crippen LogP) is 2.70. The molecule has 2 N–H and O–H groups in total. The zero-order valence-corrected chi connectivity index (χ0v) is 12.9. The Balaban J connectivity index is 2.42. The third-order valence-electron chi connectivity index (χ3n) is 3.56. The highest BCUT2D eigenvalue weighted by molar-refractivity contribution is 9.10. The maximum atomic E-state index is 14.2. The summed E-state index contributed by atoms with van der Waals surface area (Å²) in [5.41, 5.74) is 6.45. The van der Waals surface area contributed by atoms with Crippen LogP contribution in [0.4, 0.5) is 4.39 Å². The molecule has 5 heteroatoms. The first-order valence-corrected chi connectivity index (χ1v) is 7.36. The van der Waals surface area contributed by atoms with E-state index in [1.54, 1.807) is 6.07 Å². The highest BCUT2D eigenvalue weighted by Crippen LogP contribution is 2.33. The normalized spacial score (nSPS) is 24.9. The van der Waals surface area contributed by atoms with Gasteiger partial charge in [-0.2, -0.15) is 0 Å². The van der Waals surface area contributed by atoms with Crippen molar-refractivity contribution < 1.29 is 9.13 Å². The average molecular weight is 331 g/mol. The molecule has 1 aromatic carbocycles. The van der Waals surface area contributed by atoms with Gasteiger partial charge in [0.05, 0.1) is 18.8 Å². The highest BCUT2D eigenvalue weighted by Gasteiger charge is 2.35. The van der Waals surface area contributed by atoms with Gasteiger partial charge >= 0.3 is 0 Å². The lowest BCUT2D eigenvalue weighted by Gasteiger charge is -2.43. The van der Waals surface area contributed by atoms with Crippen LogP contribution in [0.3, 0.4) is 0 Å². The van der Waals surface area contributed by atoms with Crippen LogP contribution < -0.4 is 5.73 Å². The van der Waals surface area contributed by atoms with Gasteiger partial charge in [-0.1, -0.05) is 15.9 Å². The van der Waals surface area contributed by atoms with Crippen LogP contribution in [-0.2, 0) is 4.74 Å². The summed E-state index contributed by atoms with van der Waals surface area (Å²) in [6.45, 7) is 6.06. The minimum absolute atomic E-state index is 0.128. The SMILES string of the molecule is CC(C)N1CCOC(CN)C1c1cc(Br)ccc1F. The first-order chi connectivity index (χ1) is 9.04. The second-order valence-electron chi connectivity index (χ2n) is 5.09. The first kappa shape index (κ1) is 14.9. The minimum Gasteiger partial charge on any atom is -0.374 e. The van der Waals surface area contributed by atoms with E-state index >= 15 is 0 Å². The second-order valence-corrected chi connectivity index (χ2v) is 6.00. The van der Waals surface area contributed by atoms with E-state index in [0.29, 0.717) is 24.8 Å². The molecule has 1 saturated heterocycles. The van der Waals surface area contributed by atoms with Crippen molar-refractivity contribution in [2.75, 3.05) is 19.7 Å². The fourth-order valence-corrected chi connectivity index (χ4v) is 3.03. The number of hydrogen-bond acceptors (Lipinski definition) is 3. The molecule has 2 atom stereocenters. The van der Waals surface area contributed by atoms with Crippen LogP contribution in [0.25, 0.3) is 0 Å². The van der Waals surface area contributed by atoms with E-state index in [-0.39, 0.29) is 18.0 Å². The Morgan fingerprint density at radius 1 is 1.53 bits per heavy atom. The summed E-state index contributed by atoms with van der Waals surface area (Å²) >= 11 is 3.40. The van der Waals surface area contributed by atoms with E-state index in [4.69, 9.17) is 10.5 Å². The topological polar surface area (TPSA) is 38.5 Å². The number of benzene rings is 1. The third-order valence-corrected chi connectivity index (χ3v) is 4.06. The molecular formula is C14H20BrFN2O. The smallest absolute Gasteiger partial charge is 0.128 e. The molecule has 3 nitrogen and oxygen atoms in total. The fourth-order valence-electron chi connectivity index (χ4n) is 2.65. The molecule has 0 aliphatic carbocycles. The molecule has 1 aromatic rings. The predicted molar refractivity (Wildman–Crippen MR) is 77.5 cm³/mol. The lowest BCUT2D eigenvalue weighted by molar-refractivity contribution is -0.0799.